The Balaban J connectivity index is 2.04. The highest BCUT2D eigenvalue weighted by Gasteiger charge is 2.21. The highest BCUT2D eigenvalue weighted by molar-refractivity contribution is 5.81. The van der Waals surface area contributed by atoms with Crippen molar-refractivity contribution in [1.82, 2.24) is 4.90 Å². The molecular weight excluding hydrogens is 252 g/mol. The summed E-state index contributed by atoms with van der Waals surface area (Å²) in [5.41, 5.74) is 0.993. The van der Waals surface area contributed by atoms with Gasteiger partial charge in [0.05, 0.1) is 12.6 Å². The van der Waals surface area contributed by atoms with Crippen LogP contribution in [0.25, 0.3) is 0 Å². The van der Waals surface area contributed by atoms with Crippen LogP contribution >= 0.6 is 0 Å². The summed E-state index contributed by atoms with van der Waals surface area (Å²) in [6, 6.07) is 9.85. The van der Waals surface area contributed by atoms with Gasteiger partial charge in [-0.3, -0.25) is 4.79 Å². The number of amides is 1. The van der Waals surface area contributed by atoms with Crippen LogP contribution in [0, 0.1) is 0 Å². The van der Waals surface area contributed by atoms with E-state index in [0.717, 1.165) is 31.6 Å². The number of carbonyl (C=O) groups is 1. The molecule has 0 aromatic heterocycles. The maximum Gasteiger partial charge on any atom is 0.242 e. The zero-order valence-electron chi connectivity index (χ0n) is 12.2. The second-order valence-electron chi connectivity index (χ2n) is 5.37. The van der Waals surface area contributed by atoms with Gasteiger partial charge in [-0.05, 0) is 31.4 Å². The lowest BCUT2D eigenvalue weighted by molar-refractivity contribution is -0.128. The van der Waals surface area contributed by atoms with E-state index in [1.807, 2.05) is 47.1 Å². The highest BCUT2D eigenvalue weighted by atomic mass is 16.3. The van der Waals surface area contributed by atoms with Crippen LogP contribution in [0.4, 0.5) is 5.69 Å². The van der Waals surface area contributed by atoms with Crippen molar-refractivity contribution in [1.29, 1.82) is 0 Å². The van der Waals surface area contributed by atoms with E-state index in [1.165, 1.54) is 0 Å². The van der Waals surface area contributed by atoms with Crippen molar-refractivity contribution in [3.8, 4) is 0 Å². The fraction of sp³-hybridized carbons (Fsp3) is 0.562. The molecule has 4 nitrogen and oxygen atoms in total. The molecule has 4 heteroatoms. The molecule has 1 aliphatic heterocycles. The monoisotopic (exact) mass is 276 g/mol. The molecule has 0 saturated carbocycles. The van der Waals surface area contributed by atoms with Gasteiger partial charge in [0, 0.05) is 25.3 Å². The van der Waals surface area contributed by atoms with E-state index in [9.17, 15) is 9.90 Å². The van der Waals surface area contributed by atoms with Gasteiger partial charge >= 0.3 is 0 Å². The molecular formula is C16H24N2O2. The molecule has 1 fully saturated rings. The number of benzene rings is 1. The number of rotatable bonds is 6. The topological polar surface area (TPSA) is 43.8 Å². The summed E-state index contributed by atoms with van der Waals surface area (Å²) >= 11 is 0. The first-order valence-corrected chi connectivity index (χ1v) is 7.46. The molecule has 0 aliphatic carbocycles. The third-order valence-electron chi connectivity index (χ3n) is 3.81. The van der Waals surface area contributed by atoms with Gasteiger partial charge in [-0.1, -0.05) is 25.1 Å². The van der Waals surface area contributed by atoms with Crippen LogP contribution in [0.15, 0.2) is 30.3 Å². The summed E-state index contributed by atoms with van der Waals surface area (Å²) in [7, 11) is 0. The molecule has 1 aromatic rings. The molecule has 0 radical (unpaired) electrons. The molecule has 110 valence electrons. The van der Waals surface area contributed by atoms with Gasteiger partial charge in [0.25, 0.3) is 0 Å². The standard InChI is InChI=1S/C16H24N2O2/c1-2-15(19)12-18(14-8-4-3-5-9-14)13-16(20)17-10-6-7-11-17/h3-5,8-9,15,19H,2,6-7,10-13H2,1H3. The number of hydrogen-bond donors (Lipinski definition) is 1. The summed E-state index contributed by atoms with van der Waals surface area (Å²) in [4.78, 5) is 16.2. The molecule has 1 unspecified atom stereocenters. The number of para-hydroxylation sites is 1. The molecule has 1 amide bonds. The molecule has 1 heterocycles. The highest BCUT2D eigenvalue weighted by Crippen LogP contribution is 2.16. The van der Waals surface area contributed by atoms with Crippen molar-refractivity contribution in [2.75, 3.05) is 31.1 Å². The summed E-state index contributed by atoms with van der Waals surface area (Å²) in [5.74, 6) is 0.162. The van der Waals surface area contributed by atoms with Crippen LogP contribution in [0.5, 0.6) is 0 Å². The van der Waals surface area contributed by atoms with Crippen molar-refractivity contribution >= 4 is 11.6 Å². The zero-order chi connectivity index (χ0) is 14.4. The number of anilines is 1. The Morgan fingerprint density at radius 2 is 1.95 bits per heavy atom. The lowest BCUT2D eigenvalue weighted by Gasteiger charge is -2.28. The minimum absolute atomic E-state index is 0.162. The SMILES string of the molecule is CCC(O)CN(CC(=O)N1CCCC1)c1ccccc1. The summed E-state index contributed by atoms with van der Waals surface area (Å²) in [6.45, 7) is 4.55. The van der Waals surface area contributed by atoms with E-state index >= 15 is 0 Å². The second-order valence-corrected chi connectivity index (χ2v) is 5.37. The molecule has 1 N–H and O–H groups in total. The Morgan fingerprint density at radius 3 is 2.55 bits per heavy atom. The first-order chi connectivity index (χ1) is 9.70. The van der Waals surface area contributed by atoms with Crippen LogP contribution in [0.1, 0.15) is 26.2 Å². The average molecular weight is 276 g/mol. The lowest BCUT2D eigenvalue weighted by atomic mass is 10.2. The van der Waals surface area contributed by atoms with Gasteiger partial charge in [0.2, 0.25) is 5.91 Å². The van der Waals surface area contributed by atoms with Gasteiger partial charge in [0.15, 0.2) is 0 Å². The second kappa shape index (κ2) is 7.29. The normalized spacial score (nSPS) is 16.2. The number of aliphatic hydroxyl groups is 1. The van der Waals surface area contributed by atoms with Crippen molar-refractivity contribution in [2.24, 2.45) is 0 Å². The average Bonchev–Trinajstić information content (AvgIpc) is 3.01. The van der Waals surface area contributed by atoms with E-state index in [2.05, 4.69) is 0 Å². The van der Waals surface area contributed by atoms with E-state index in [-0.39, 0.29) is 5.91 Å². The number of nitrogens with zero attached hydrogens (tertiary/aromatic N) is 2. The molecule has 0 spiro atoms. The Bertz CT molecular complexity index is 416. The fourth-order valence-corrected chi connectivity index (χ4v) is 2.51. The van der Waals surface area contributed by atoms with Crippen LogP contribution in [-0.4, -0.2) is 48.2 Å². The minimum atomic E-state index is -0.401. The van der Waals surface area contributed by atoms with Gasteiger partial charge in [-0.15, -0.1) is 0 Å². The van der Waals surface area contributed by atoms with Crippen LogP contribution < -0.4 is 4.90 Å². The maximum atomic E-state index is 12.3. The van der Waals surface area contributed by atoms with Crippen molar-refractivity contribution in [2.45, 2.75) is 32.3 Å². The molecule has 1 saturated heterocycles. The zero-order valence-corrected chi connectivity index (χ0v) is 12.2. The third kappa shape index (κ3) is 3.97. The summed E-state index contributed by atoms with van der Waals surface area (Å²) in [5, 5.41) is 9.90. The molecule has 1 aromatic carbocycles. The Labute approximate surface area is 121 Å². The Hall–Kier alpha value is -1.55. The van der Waals surface area contributed by atoms with Gasteiger partial charge < -0.3 is 14.9 Å². The molecule has 0 bridgehead atoms. The summed E-state index contributed by atoms with van der Waals surface area (Å²) in [6.07, 6.45) is 2.51. The van der Waals surface area contributed by atoms with Gasteiger partial charge in [-0.25, -0.2) is 0 Å². The number of hydrogen-bond acceptors (Lipinski definition) is 3. The molecule has 2 rings (SSSR count). The molecule has 1 atom stereocenters. The van der Waals surface area contributed by atoms with Crippen molar-refractivity contribution in [3.05, 3.63) is 30.3 Å². The number of carbonyl (C=O) groups excluding carboxylic acids is 1. The van der Waals surface area contributed by atoms with Crippen molar-refractivity contribution in [3.63, 3.8) is 0 Å². The van der Waals surface area contributed by atoms with E-state index < -0.39 is 6.10 Å². The number of likely N-dealkylation sites (tertiary alicyclic amines) is 1. The first-order valence-electron chi connectivity index (χ1n) is 7.46. The van der Waals surface area contributed by atoms with Gasteiger partial charge in [-0.2, -0.15) is 0 Å². The molecule has 1 aliphatic rings. The van der Waals surface area contributed by atoms with Crippen LogP contribution in [0.3, 0.4) is 0 Å². The maximum absolute atomic E-state index is 12.3. The third-order valence-corrected chi connectivity index (χ3v) is 3.81. The fourth-order valence-electron chi connectivity index (χ4n) is 2.51. The quantitative estimate of drug-likeness (QED) is 0.863. The minimum Gasteiger partial charge on any atom is -0.391 e. The predicted molar refractivity (Wildman–Crippen MR) is 80.8 cm³/mol. The lowest BCUT2D eigenvalue weighted by Crippen LogP contribution is -2.42. The van der Waals surface area contributed by atoms with E-state index in [4.69, 9.17) is 0 Å². The Kier molecular flexibility index (Phi) is 5.41. The summed E-state index contributed by atoms with van der Waals surface area (Å²) < 4.78 is 0. The number of aliphatic hydroxyl groups excluding tert-OH is 1. The predicted octanol–water partition coefficient (Wildman–Crippen LogP) is 1.89. The van der Waals surface area contributed by atoms with Crippen molar-refractivity contribution < 1.29 is 9.90 Å². The molecule has 20 heavy (non-hydrogen) atoms. The Morgan fingerprint density at radius 1 is 1.30 bits per heavy atom. The van der Waals surface area contributed by atoms with Crippen LogP contribution in [0.2, 0.25) is 0 Å². The smallest absolute Gasteiger partial charge is 0.242 e. The van der Waals surface area contributed by atoms with Crippen LogP contribution in [-0.2, 0) is 4.79 Å². The van der Waals surface area contributed by atoms with E-state index in [1.54, 1.807) is 0 Å². The van der Waals surface area contributed by atoms with Gasteiger partial charge in [0.1, 0.15) is 0 Å². The van der Waals surface area contributed by atoms with E-state index in [0.29, 0.717) is 19.5 Å². The first kappa shape index (κ1) is 14.9. The largest absolute Gasteiger partial charge is 0.391 e.